The van der Waals surface area contributed by atoms with Gasteiger partial charge in [0, 0.05) is 34.1 Å². The second kappa shape index (κ2) is 7.65. The van der Waals surface area contributed by atoms with Crippen molar-refractivity contribution in [3.63, 3.8) is 0 Å². The number of carboxylic acid groups (broad SMARTS) is 1. The lowest BCUT2D eigenvalue weighted by molar-refractivity contribution is -0.136. The molecule has 0 fully saturated rings. The van der Waals surface area contributed by atoms with E-state index in [9.17, 15) is 14.4 Å². The fraction of sp³-hybridized carbons (Fsp3) is 0.350. The molecule has 27 heavy (non-hydrogen) atoms. The number of rotatable bonds is 7. The first-order valence-electron chi connectivity index (χ1n) is 9.09. The monoisotopic (exact) mass is 369 g/mol. The summed E-state index contributed by atoms with van der Waals surface area (Å²) in [7, 11) is 0. The highest BCUT2D eigenvalue weighted by Gasteiger charge is 2.16. The van der Waals surface area contributed by atoms with Gasteiger partial charge in [0.25, 0.3) is 5.56 Å². The molecule has 7 nitrogen and oxygen atoms in total. The van der Waals surface area contributed by atoms with Crippen molar-refractivity contribution in [3.8, 4) is 0 Å². The van der Waals surface area contributed by atoms with E-state index in [-0.39, 0.29) is 23.8 Å². The molecule has 0 aliphatic heterocycles. The van der Waals surface area contributed by atoms with Crippen molar-refractivity contribution in [2.75, 3.05) is 5.32 Å². The Morgan fingerprint density at radius 3 is 2.78 bits per heavy atom. The van der Waals surface area contributed by atoms with Gasteiger partial charge in [0.2, 0.25) is 5.91 Å². The number of aromatic amines is 2. The van der Waals surface area contributed by atoms with Gasteiger partial charge in [-0.15, -0.1) is 0 Å². The van der Waals surface area contributed by atoms with Crippen molar-refractivity contribution < 1.29 is 14.7 Å². The molecule has 0 aliphatic carbocycles. The Bertz CT molecular complexity index is 1060. The van der Waals surface area contributed by atoms with E-state index >= 15 is 0 Å². The van der Waals surface area contributed by atoms with Gasteiger partial charge in [-0.2, -0.15) is 0 Å². The Morgan fingerprint density at radius 1 is 1.30 bits per heavy atom. The molecule has 1 aromatic carbocycles. The summed E-state index contributed by atoms with van der Waals surface area (Å²) in [5.74, 6) is -1.12. The molecule has 1 unspecified atom stereocenters. The smallest absolute Gasteiger partial charge is 0.307 e. The second-order valence-corrected chi connectivity index (χ2v) is 6.88. The number of hydrogen-bond acceptors (Lipinski definition) is 3. The Balaban J connectivity index is 2.02. The van der Waals surface area contributed by atoms with E-state index in [1.807, 2.05) is 6.92 Å². The molecule has 4 N–H and O–H groups in total. The summed E-state index contributed by atoms with van der Waals surface area (Å²) in [6.07, 6.45) is 4.10. The largest absolute Gasteiger partial charge is 0.481 e. The van der Waals surface area contributed by atoms with E-state index in [0.717, 1.165) is 19.3 Å². The minimum absolute atomic E-state index is 0.0498. The first-order chi connectivity index (χ1) is 12.9. The molecular formula is C20H23N3O4. The van der Waals surface area contributed by atoms with Crippen molar-refractivity contribution >= 4 is 39.4 Å². The van der Waals surface area contributed by atoms with Gasteiger partial charge in [0.1, 0.15) is 5.52 Å². The fourth-order valence-electron chi connectivity index (χ4n) is 3.28. The molecule has 0 aliphatic rings. The minimum atomic E-state index is -0.980. The number of carbonyl (C=O) groups is 2. The van der Waals surface area contributed by atoms with Crippen LogP contribution in [-0.4, -0.2) is 27.0 Å². The molecule has 3 rings (SSSR count). The molecule has 7 heteroatoms. The van der Waals surface area contributed by atoms with E-state index in [0.29, 0.717) is 33.1 Å². The third-order valence-corrected chi connectivity index (χ3v) is 4.77. The molecule has 0 saturated carbocycles. The van der Waals surface area contributed by atoms with Crippen LogP contribution in [0.25, 0.3) is 21.8 Å². The highest BCUT2D eigenvalue weighted by atomic mass is 16.4. The molecule has 1 atom stereocenters. The van der Waals surface area contributed by atoms with Crippen molar-refractivity contribution in [3.05, 3.63) is 40.3 Å². The number of benzene rings is 1. The highest BCUT2D eigenvalue weighted by molar-refractivity contribution is 6.10. The summed E-state index contributed by atoms with van der Waals surface area (Å²) >= 11 is 0. The summed E-state index contributed by atoms with van der Waals surface area (Å²) in [6.45, 7) is 3.99. The summed E-state index contributed by atoms with van der Waals surface area (Å²) in [5, 5.41) is 13.4. The molecule has 0 bridgehead atoms. The fourth-order valence-corrected chi connectivity index (χ4v) is 3.28. The number of carbonyl (C=O) groups excluding carboxylic acids is 1. The standard InChI is InChI=1S/C20H23N3O4/c1-3-4-5-11(2)19(26)22-13-6-7-15-14(9-13)17-12(8-16(24)25)10-21-20(27)18(17)23-15/h6-7,9-11,23H,3-5,8H2,1-2H3,(H,21,27)(H,22,26)(H,24,25). The average Bonchev–Trinajstić information content (AvgIpc) is 3.01. The minimum Gasteiger partial charge on any atom is -0.481 e. The van der Waals surface area contributed by atoms with E-state index in [2.05, 4.69) is 22.2 Å². The number of fused-ring (bicyclic) bond motifs is 3. The van der Waals surface area contributed by atoms with Gasteiger partial charge in [0.15, 0.2) is 0 Å². The van der Waals surface area contributed by atoms with Crippen LogP contribution in [0.5, 0.6) is 0 Å². The molecule has 2 heterocycles. The van der Waals surface area contributed by atoms with Crippen LogP contribution in [0.4, 0.5) is 5.69 Å². The number of hydrogen-bond donors (Lipinski definition) is 4. The summed E-state index contributed by atoms with van der Waals surface area (Å²) in [4.78, 5) is 41.3. The zero-order chi connectivity index (χ0) is 19.6. The van der Waals surface area contributed by atoms with E-state index in [1.54, 1.807) is 18.2 Å². The maximum Gasteiger partial charge on any atom is 0.307 e. The zero-order valence-corrected chi connectivity index (χ0v) is 15.4. The predicted molar refractivity (Wildman–Crippen MR) is 105 cm³/mol. The Morgan fingerprint density at radius 2 is 2.07 bits per heavy atom. The van der Waals surface area contributed by atoms with Gasteiger partial charge >= 0.3 is 5.97 Å². The van der Waals surface area contributed by atoms with Gasteiger partial charge in [-0.25, -0.2) is 0 Å². The Hall–Kier alpha value is -3.09. The van der Waals surface area contributed by atoms with Gasteiger partial charge in [-0.3, -0.25) is 14.4 Å². The number of unbranched alkanes of at least 4 members (excludes halogenated alkanes) is 1. The normalized spacial score (nSPS) is 12.4. The van der Waals surface area contributed by atoms with Crippen LogP contribution in [0.2, 0.25) is 0 Å². The first-order valence-corrected chi connectivity index (χ1v) is 9.09. The van der Waals surface area contributed by atoms with E-state index < -0.39 is 5.97 Å². The molecule has 142 valence electrons. The van der Waals surface area contributed by atoms with Gasteiger partial charge in [0.05, 0.1) is 6.42 Å². The van der Waals surface area contributed by atoms with Crippen molar-refractivity contribution in [2.45, 2.75) is 39.5 Å². The maximum atomic E-state index is 12.4. The Kier molecular flexibility index (Phi) is 5.30. The molecule has 0 saturated heterocycles. The van der Waals surface area contributed by atoms with Crippen LogP contribution in [0.1, 0.15) is 38.7 Å². The number of aromatic nitrogens is 2. The highest BCUT2D eigenvalue weighted by Crippen LogP contribution is 2.29. The number of carboxylic acids is 1. The number of anilines is 1. The number of H-pyrrole nitrogens is 2. The Labute approximate surface area is 155 Å². The molecule has 1 amide bonds. The van der Waals surface area contributed by atoms with Crippen molar-refractivity contribution in [2.24, 2.45) is 5.92 Å². The van der Waals surface area contributed by atoms with Crippen LogP contribution in [0.15, 0.2) is 29.2 Å². The van der Waals surface area contributed by atoms with Gasteiger partial charge < -0.3 is 20.4 Å². The third kappa shape index (κ3) is 3.86. The van der Waals surface area contributed by atoms with Crippen molar-refractivity contribution in [1.29, 1.82) is 0 Å². The lowest BCUT2D eigenvalue weighted by atomic mass is 10.0. The zero-order valence-electron chi connectivity index (χ0n) is 15.4. The average molecular weight is 369 g/mol. The molecule has 3 aromatic rings. The lowest BCUT2D eigenvalue weighted by Gasteiger charge is -2.12. The van der Waals surface area contributed by atoms with Crippen LogP contribution in [0, 0.1) is 5.92 Å². The van der Waals surface area contributed by atoms with Crippen molar-refractivity contribution in [1.82, 2.24) is 9.97 Å². The van der Waals surface area contributed by atoms with Crippen LogP contribution < -0.4 is 10.9 Å². The summed E-state index contributed by atoms with van der Waals surface area (Å²) in [5.41, 5.74) is 1.88. The number of nitrogens with one attached hydrogen (secondary N) is 3. The van der Waals surface area contributed by atoms with Gasteiger partial charge in [-0.1, -0.05) is 26.7 Å². The second-order valence-electron chi connectivity index (χ2n) is 6.88. The molecule has 0 spiro atoms. The molecule has 0 radical (unpaired) electrons. The van der Waals surface area contributed by atoms with Crippen LogP contribution >= 0.6 is 0 Å². The van der Waals surface area contributed by atoms with Gasteiger partial charge in [-0.05, 0) is 30.2 Å². The third-order valence-electron chi connectivity index (χ3n) is 4.77. The SMILES string of the molecule is CCCCC(C)C(=O)Nc1ccc2[nH]c3c(=O)[nH]cc(CC(=O)O)c3c2c1. The number of pyridine rings is 1. The lowest BCUT2D eigenvalue weighted by Crippen LogP contribution is -2.20. The van der Waals surface area contributed by atoms with E-state index in [4.69, 9.17) is 5.11 Å². The van der Waals surface area contributed by atoms with Crippen LogP contribution in [0.3, 0.4) is 0 Å². The first kappa shape index (κ1) is 18.7. The van der Waals surface area contributed by atoms with E-state index in [1.165, 1.54) is 6.20 Å². The topological polar surface area (TPSA) is 115 Å². The molecular weight excluding hydrogens is 346 g/mol. The predicted octanol–water partition coefficient (Wildman–Crippen LogP) is 3.40. The quantitative estimate of drug-likeness (QED) is 0.511. The summed E-state index contributed by atoms with van der Waals surface area (Å²) < 4.78 is 0. The summed E-state index contributed by atoms with van der Waals surface area (Å²) in [6, 6.07) is 5.34. The van der Waals surface area contributed by atoms with Crippen LogP contribution in [-0.2, 0) is 16.0 Å². The molecule has 2 aromatic heterocycles. The number of amides is 1. The maximum absolute atomic E-state index is 12.4. The number of aliphatic carboxylic acids is 1.